The Balaban J connectivity index is 1.74. The molecule has 1 atom stereocenters. The first kappa shape index (κ1) is 12.1. The zero-order valence-electron chi connectivity index (χ0n) is 10.3. The lowest BCUT2D eigenvalue weighted by molar-refractivity contribution is -0.117. The summed E-state index contributed by atoms with van der Waals surface area (Å²) in [6.45, 7) is 2.88. The molecule has 0 aromatic heterocycles. The van der Waals surface area contributed by atoms with Crippen LogP contribution in [0.25, 0.3) is 0 Å². The summed E-state index contributed by atoms with van der Waals surface area (Å²) in [5.41, 5.74) is 0.856. The van der Waals surface area contributed by atoms with E-state index in [1.807, 2.05) is 37.3 Å². The molecule has 1 aliphatic rings. The number of amides is 1. The van der Waals surface area contributed by atoms with Crippen molar-refractivity contribution in [3.63, 3.8) is 0 Å². The molecule has 0 saturated heterocycles. The molecule has 1 aromatic rings. The molecule has 2 N–H and O–H groups in total. The average molecular weight is 232 g/mol. The lowest BCUT2D eigenvalue weighted by Gasteiger charge is -2.27. The zero-order chi connectivity index (χ0) is 12.1. The predicted octanol–water partition coefficient (Wildman–Crippen LogP) is 2.40. The quantitative estimate of drug-likeness (QED) is 0.818. The van der Waals surface area contributed by atoms with Gasteiger partial charge in [-0.2, -0.15) is 0 Å². The van der Waals surface area contributed by atoms with Crippen LogP contribution in [0, 0.1) is 5.92 Å². The first-order valence-electron chi connectivity index (χ1n) is 6.35. The first-order valence-corrected chi connectivity index (χ1v) is 6.35. The topological polar surface area (TPSA) is 41.1 Å². The summed E-state index contributed by atoms with van der Waals surface area (Å²) >= 11 is 0. The fourth-order valence-corrected chi connectivity index (χ4v) is 1.91. The number of carbonyl (C=O) groups excluding carboxylic acids is 1. The lowest BCUT2D eigenvalue weighted by atomic mass is 9.85. The van der Waals surface area contributed by atoms with Crippen LogP contribution in [0.5, 0.6) is 0 Å². The normalized spacial score (nSPS) is 17.2. The molecule has 0 spiro atoms. The van der Waals surface area contributed by atoms with Crippen LogP contribution in [-0.2, 0) is 4.79 Å². The zero-order valence-corrected chi connectivity index (χ0v) is 10.3. The molecule has 0 heterocycles. The van der Waals surface area contributed by atoms with E-state index in [1.54, 1.807) is 0 Å². The maximum absolute atomic E-state index is 11.9. The summed E-state index contributed by atoms with van der Waals surface area (Å²) in [6, 6.07) is 9.45. The highest BCUT2D eigenvalue weighted by Gasteiger charge is 2.19. The maximum atomic E-state index is 11.9. The van der Waals surface area contributed by atoms with Gasteiger partial charge in [0.1, 0.15) is 0 Å². The molecule has 0 aliphatic heterocycles. The van der Waals surface area contributed by atoms with E-state index in [0.29, 0.717) is 0 Å². The van der Waals surface area contributed by atoms with Crippen LogP contribution in [0.4, 0.5) is 5.69 Å². The van der Waals surface area contributed by atoms with Crippen LogP contribution in [0.1, 0.15) is 26.2 Å². The summed E-state index contributed by atoms with van der Waals surface area (Å²) in [7, 11) is 0. The second kappa shape index (κ2) is 5.82. The van der Waals surface area contributed by atoms with Crippen LogP contribution in [0.3, 0.4) is 0 Å². The van der Waals surface area contributed by atoms with Crippen molar-refractivity contribution < 1.29 is 4.79 Å². The SMILES string of the molecule is C[C@@H](NCC1CCC1)C(=O)Nc1ccccc1. The molecule has 17 heavy (non-hydrogen) atoms. The Morgan fingerprint density at radius 1 is 1.35 bits per heavy atom. The molecule has 1 amide bonds. The fourth-order valence-electron chi connectivity index (χ4n) is 1.91. The Bertz CT molecular complexity index is 360. The number of benzene rings is 1. The fraction of sp³-hybridized carbons (Fsp3) is 0.500. The average Bonchev–Trinajstić information content (AvgIpc) is 2.28. The molecule has 3 heteroatoms. The van der Waals surface area contributed by atoms with Gasteiger partial charge in [0.25, 0.3) is 0 Å². The molecule has 0 unspecified atom stereocenters. The van der Waals surface area contributed by atoms with Gasteiger partial charge in [-0.3, -0.25) is 4.79 Å². The van der Waals surface area contributed by atoms with E-state index in [4.69, 9.17) is 0 Å². The van der Waals surface area contributed by atoms with E-state index < -0.39 is 0 Å². The third-order valence-corrected chi connectivity index (χ3v) is 3.37. The summed E-state index contributed by atoms with van der Waals surface area (Å²) in [4.78, 5) is 11.9. The summed E-state index contributed by atoms with van der Waals surface area (Å²) in [5, 5.41) is 6.19. The molecule has 1 saturated carbocycles. The molecule has 0 radical (unpaired) electrons. The van der Waals surface area contributed by atoms with Crippen LogP contribution < -0.4 is 10.6 Å². The summed E-state index contributed by atoms with van der Waals surface area (Å²) in [5.74, 6) is 0.817. The van der Waals surface area contributed by atoms with Gasteiger partial charge >= 0.3 is 0 Å². The second-order valence-electron chi connectivity index (χ2n) is 4.78. The van der Waals surface area contributed by atoms with Crippen molar-refractivity contribution in [1.29, 1.82) is 0 Å². The lowest BCUT2D eigenvalue weighted by Crippen LogP contribution is -2.41. The molecule has 0 bridgehead atoms. The Labute approximate surface area is 103 Å². The van der Waals surface area contributed by atoms with Crippen molar-refractivity contribution in [2.24, 2.45) is 5.92 Å². The molecule has 3 nitrogen and oxygen atoms in total. The van der Waals surface area contributed by atoms with E-state index in [1.165, 1.54) is 19.3 Å². The molecular formula is C14H20N2O. The highest BCUT2D eigenvalue weighted by atomic mass is 16.2. The number of carbonyl (C=O) groups is 1. The van der Waals surface area contributed by atoms with Crippen molar-refractivity contribution in [1.82, 2.24) is 5.32 Å². The van der Waals surface area contributed by atoms with Crippen LogP contribution in [0.2, 0.25) is 0 Å². The van der Waals surface area contributed by atoms with Crippen LogP contribution >= 0.6 is 0 Å². The Hall–Kier alpha value is -1.35. The summed E-state index contributed by atoms with van der Waals surface area (Å²) < 4.78 is 0. The minimum Gasteiger partial charge on any atom is -0.325 e. The van der Waals surface area contributed by atoms with Gasteiger partial charge < -0.3 is 10.6 Å². The first-order chi connectivity index (χ1) is 8.25. The van der Waals surface area contributed by atoms with E-state index in [2.05, 4.69) is 10.6 Å². The van der Waals surface area contributed by atoms with Crippen LogP contribution in [-0.4, -0.2) is 18.5 Å². The third kappa shape index (κ3) is 3.56. The molecule has 92 valence electrons. The highest BCUT2D eigenvalue weighted by molar-refractivity contribution is 5.94. The molecular weight excluding hydrogens is 212 g/mol. The Morgan fingerprint density at radius 3 is 2.65 bits per heavy atom. The van der Waals surface area contributed by atoms with Crippen LogP contribution in [0.15, 0.2) is 30.3 Å². The Morgan fingerprint density at radius 2 is 2.06 bits per heavy atom. The standard InChI is InChI=1S/C14H20N2O/c1-11(15-10-12-6-5-7-12)14(17)16-13-8-3-2-4-9-13/h2-4,8-9,11-12,15H,5-7,10H2,1H3,(H,16,17)/t11-/m1/s1. The number of nitrogens with one attached hydrogen (secondary N) is 2. The maximum Gasteiger partial charge on any atom is 0.241 e. The number of hydrogen-bond acceptors (Lipinski definition) is 2. The van der Waals surface area contributed by atoms with Gasteiger partial charge in [-0.1, -0.05) is 24.6 Å². The van der Waals surface area contributed by atoms with Crippen molar-refractivity contribution in [3.8, 4) is 0 Å². The van der Waals surface area contributed by atoms with E-state index >= 15 is 0 Å². The monoisotopic (exact) mass is 232 g/mol. The van der Waals surface area contributed by atoms with Crippen molar-refractivity contribution in [2.75, 3.05) is 11.9 Å². The van der Waals surface area contributed by atoms with Gasteiger partial charge in [0.2, 0.25) is 5.91 Å². The minimum atomic E-state index is -0.129. The number of hydrogen-bond donors (Lipinski definition) is 2. The van der Waals surface area contributed by atoms with Crippen molar-refractivity contribution in [2.45, 2.75) is 32.2 Å². The Kier molecular flexibility index (Phi) is 4.15. The van der Waals surface area contributed by atoms with Gasteiger partial charge in [-0.25, -0.2) is 0 Å². The van der Waals surface area contributed by atoms with Gasteiger partial charge in [0.15, 0.2) is 0 Å². The number of anilines is 1. The number of rotatable bonds is 5. The van der Waals surface area contributed by atoms with Gasteiger partial charge in [-0.05, 0) is 44.4 Å². The molecule has 1 aromatic carbocycles. The van der Waals surface area contributed by atoms with E-state index in [0.717, 1.165) is 18.2 Å². The number of para-hydroxylation sites is 1. The van der Waals surface area contributed by atoms with Crippen molar-refractivity contribution in [3.05, 3.63) is 30.3 Å². The smallest absolute Gasteiger partial charge is 0.241 e. The van der Waals surface area contributed by atoms with E-state index in [9.17, 15) is 4.79 Å². The van der Waals surface area contributed by atoms with Gasteiger partial charge in [0, 0.05) is 5.69 Å². The second-order valence-corrected chi connectivity index (χ2v) is 4.78. The largest absolute Gasteiger partial charge is 0.325 e. The molecule has 1 aliphatic carbocycles. The van der Waals surface area contributed by atoms with Gasteiger partial charge in [0.05, 0.1) is 6.04 Å². The molecule has 1 fully saturated rings. The van der Waals surface area contributed by atoms with Gasteiger partial charge in [-0.15, -0.1) is 0 Å². The highest BCUT2D eigenvalue weighted by Crippen LogP contribution is 2.25. The predicted molar refractivity (Wildman–Crippen MR) is 69.9 cm³/mol. The minimum absolute atomic E-state index is 0.0375. The van der Waals surface area contributed by atoms with Crippen molar-refractivity contribution >= 4 is 11.6 Å². The third-order valence-electron chi connectivity index (χ3n) is 3.37. The van der Waals surface area contributed by atoms with E-state index in [-0.39, 0.29) is 11.9 Å². The summed E-state index contributed by atoms with van der Waals surface area (Å²) in [6.07, 6.45) is 3.96. The molecule has 2 rings (SSSR count).